The zero-order valence-electron chi connectivity index (χ0n) is 13.5. The Bertz CT molecular complexity index is 989. The number of benzene rings is 2. The zero-order valence-corrected chi connectivity index (χ0v) is 13.5. The number of carbonyl (C=O) groups excluding carboxylic acids is 1. The first-order valence-corrected chi connectivity index (χ1v) is 8.11. The number of para-hydroxylation sites is 1. The van der Waals surface area contributed by atoms with E-state index in [1.165, 1.54) is 17.4 Å². The molecule has 2 N–H and O–H groups in total. The Morgan fingerprint density at radius 3 is 2.68 bits per heavy atom. The Kier molecular flexibility index (Phi) is 4.00. The molecule has 4 aromatic rings. The van der Waals surface area contributed by atoms with Crippen LogP contribution in [-0.4, -0.2) is 25.8 Å². The lowest BCUT2D eigenvalue weighted by molar-refractivity contribution is -0.117. The maximum atomic E-state index is 12.2. The third kappa shape index (κ3) is 3.14. The van der Waals surface area contributed by atoms with Crippen LogP contribution in [0.4, 0.5) is 0 Å². The number of aryl methyl sites for hydroxylation is 1. The molecular formula is C19H17N5O. The first-order valence-electron chi connectivity index (χ1n) is 8.11. The van der Waals surface area contributed by atoms with Crippen molar-refractivity contribution in [1.29, 1.82) is 0 Å². The van der Waals surface area contributed by atoms with Gasteiger partial charge in [-0.05, 0) is 23.6 Å². The highest BCUT2D eigenvalue weighted by Gasteiger charge is 2.14. The molecule has 0 aliphatic heterocycles. The normalized spacial score (nSPS) is 10.9. The number of fused-ring (bicyclic) bond motifs is 1. The number of H-pyrrole nitrogens is 1. The summed E-state index contributed by atoms with van der Waals surface area (Å²) in [7, 11) is 0. The number of amides is 1. The summed E-state index contributed by atoms with van der Waals surface area (Å²) in [5.74, 6) is -0.102. The van der Waals surface area contributed by atoms with Crippen molar-refractivity contribution in [3.8, 4) is 11.3 Å². The zero-order chi connectivity index (χ0) is 17.1. The molecule has 124 valence electrons. The van der Waals surface area contributed by atoms with Gasteiger partial charge in [-0.25, -0.2) is 10.4 Å². The van der Waals surface area contributed by atoms with E-state index in [9.17, 15) is 4.79 Å². The Labute approximate surface area is 144 Å². The summed E-state index contributed by atoms with van der Waals surface area (Å²) < 4.78 is 0. The summed E-state index contributed by atoms with van der Waals surface area (Å²) in [6.45, 7) is 0. The maximum Gasteiger partial charge on any atom is 0.240 e. The highest BCUT2D eigenvalue weighted by Crippen LogP contribution is 2.31. The second-order valence-corrected chi connectivity index (χ2v) is 5.77. The lowest BCUT2D eigenvalue weighted by atomic mass is 10.0. The number of aromatic amines is 1. The van der Waals surface area contributed by atoms with E-state index in [1.54, 1.807) is 0 Å². The average Bonchev–Trinajstić information content (AvgIpc) is 3.28. The molecule has 0 fully saturated rings. The van der Waals surface area contributed by atoms with E-state index < -0.39 is 0 Å². The molecule has 0 aliphatic rings. The Morgan fingerprint density at radius 1 is 1.08 bits per heavy atom. The van der Waals surface area contributed by atoms with E-state index in [-0.39, 0.29) is 5.91 Å². The molecule has 4 rings (SSSR count). The summed E-state index contributed by atoms with van der Waals surface area (Å²) in [5, 5.41) is 5.03. The number of hydrogen-bond donors (Lipinski definition) is 2. The van der Waals surface area contributed by atoms with E-state index in [0.29, 0.717) is 12.8 Å². The van der Waals surface area contributed by atoms with E-state index in [4.69, 9.17) is 0 Å². The largest absolute Gasteiger partial charge is 0.354 e. The smallest absolute Gasteiger partial charge is 0.240 e. The monoisotopic (exact) mass is 331 g/mol. The maximum absolute atomic E-state index is 12.2. The van der Waals surface area contributed by atoms with Gasteiger partial charge in [0.15, 0.2) is 0 Å². The fraction of sp³-hybridized carbons (Fsp3) is 0.105. The predicted molar refractivity (Wildman–Crippen MR) is 96.4 cm³/mol. The first-order chi connectivity index (χ1) is 12.3. The van der Waals surface area contributed by atoms with Crippen LogP contribution < -0.4 is 5.43 Å². The van der Waals surface area contributed by atoms with Gasteiger partial charge in [0.05, 0.1) is 0 Å². The Hall–Kier alpha value is -3.41. The van der Waals surface area contributed by atoms with Crippen LogP contribution in [-0.2, 0) is 11.2 Å². The molecule has 0 saturated carbocycles. The van der Waals surface area contributed by atoms with Crippen molar-refractivity contribution in [3.05, 3.63) is 72.8 Å². The molecule has 6 heteroatoms. The van der Waals surface area contributed by atoms with E-state index in [1.807, 2.05) is 30.3 Å². The van der Waals surface area contributed by atoms with Crippen molar-refractivity contribution in [3.63, 3.8) is 0 Å². The van der Waals surface area contributed by atoms with Crippen LogP contribution in [0.25, 0.3) is 22.2 Å². The molecule has 2 aromatic carbocycles. The van der Waals surface area contributed by atoms with Crippen LogP contribution in [0.2, 0.25) is 0 Å². The molecule has 0 atom stereocenters. The van der Waals surface area contributed by atoms with Gasteiger partial charge in [-0.15, -0.1) is 5.10 Å². The van der Waals surface area contributed by atoms with Crippen LogP contribution in [0.1, 0.15) is 12.0 Å². The van der Waals surface area contributed by atoms with E-state index >= 15 is 0 Å². The number of hydrogen-bond acceptors (Lipinski definition) is 3. The summed E-state index contributed by atoms with van der Waals surface area (Å²) in [4.78, 5) is 20.8. The van der Waals surface area contributed by atoms with Crippen molar-refractivity contribution in [2.75, 3.05) is 5.43 Å². The minimum Gasteiger partial charge on any atom is -0.354 e. The third-order valence-electron chi connectivity index (χ3n) is 4.14. The lowest BCUT2D eigenvalue weighted by Gasteiger charge is -2.06. The Balaban J connectivity index is 1.62. The molecule has 6 nitrogen and oxygen atoms in total. The van der Waals surface area contributed by atoms with Gasteiger partial charge in [-0.2, -0.15) is 4.79 Å². The SMILES string of the molecule is O=C(CCc1c(-c2ccccc2)[nH]c2ccccc12)Nn1cncn1. The molecule has 0 radical (unpaired) electrons. The first kappa shape index (κ1) is 15.1. The molecule has 0 unspecified atom stereocenters. The van der Waals surface area contributed by atoms with Gasteiger partial charge < -0.3 is 4.98 Å². The quantitative estimate of drug-likeness (QED) is 0.590. The molecule has 0 saturated heterocycles. The van der Waals surface area contributed by atoms with Crippen LogP contribution in [0.5, 0.6) is 0 Å². The van der Waals surface area contributed by atoms with Crippen LogP contribution in [0.15, 0.2) is 67.3 Å². The highest BCUT2D eigenvalue weighted by atomic mass is 16.2. The van der Waals surface area contributed by atoms with Crippen molar-refractivity contribution >= 4 is 16.8 Å². The van der Waals surface area contributed by atoms with Crippen molar-refractivity contribution in [2.24, 2.45) is 0 Å². The van der Waals surface area contributed by atoms with Crippen molar-refractivity contribution in [2.45, 2.75) is 12.8 Å². The molecule has 2 heterocycles. The van der Waals surface area contributed by atoms with Gasteiger partial charge in [0.1, 0.15) is 12.7 Å². The topological polar surface area (TPSA) is 75.6 Å². The predicted octanol–water partition coefficient (Wildman–Crippen LogP) is 3.13. The fourth-order valence-corrected chi connectivity index (χ4v) is 3.00. The van der Waals surface area contributed by atoms with Gasteiger partial charge in [0.25, 0.3) is 0 Å². The average molecular weight is 331 g/mol. The highest BCUT2D eigenvalue weighted by molar-refractivity contribution is 5.92. The summed E-state index contributed by atoms with van der Waals surface area (Å²) in [6.07, 6.45) is 3.84. The lowest BCUT2D eigenvalue weighted by Crippen LogP contribution is -2.23. The second-order valence-electron chi connectivity index (χ2n) is 5.77. The van der Waals surface area contributed by atoms with Crippen molar-refractivity contribution < 1.29 is 4.79 Å². The minimum absolute atomic E-state index is 0.102. The van der Waals surface area contributed by atoms with Gasteiger partial charge >= 0.3 is 0 Å². The third-order valence-corrected chi connectivity index (χ3v) is 4.14. The second kappa shape index (κ2) is 6.60. The minimum atomic E-state index is -0.102. The molecule has 0 spiro atoms. The van der Waals surface area contributed by atoms with Crippen LogP contribution in [0.3, 0.4) is 0 Å². The van der Waals surface area contributed by atoms with Gasteiger partial charge in [-0.1, -0.05) is 48.5 Å². The van der Waals surface area contributed by atoms with Crippen molar-refractivity contribution in [1.82, 2.24) is 19.9 Å². The fourth-order valence-electron chi connectivity index (χ4n) is 3.00. The van der Waals surface area contributed by atoms with Gasteiger partial charge in [0, 0.05) is 23.0 Å². The Morgan fingerprint density at radius 2 is 1.88 bits per heavy atom. The number of aromatic nitrogens is 4. The number of nitrogens with one attached hydrogen (secondary N) is 2. The summed E-state index contributed by atoms with van der Waals surface area (Å²) in [6, 6.07) is 18.3. The molecule has 0 aliphatic carbocycles. The number of carbonyl (C=O) groups is 1. The summed E-state index contributed by atoms with van der Waals surface area (Å²) >= 11 is 0. The molecular weight excluding hydrogens is 314 g/mol. The summed E-state index contributed by atoms with van der Waals surface area (Å²) in [5.41, 5.74) is 7.09. The van der Waals surface area contributed by atoms with E-state index in [0.717, 1.165) is 27.7 Å². The van der Waals surface area contributed by atoms with E-state index in [2.05, 4.69) is 44.8 Å². The number of nitrogens with zero attached hydrogens (tertiary/aromatic N) is 3. The van der Waals surface area contributed by atoms with Gasteiger partial charge in [-0.3, -0.25) is 4.79 Å². The number of rotatable bonds is 5. The molecule has 2 aromatic heterocycles. The molecule has 0 bridgehead atoms. The van der Waals surface area contributed by atoms with Crippen LogP contribution >= 0.6 is 0 Å². The van der Waals surface area contributed by atoms with Crippen LogP contribution in [0, 0.1) is 0 Å². The van der Waals surface area contributed by atoms with Gasteiger partial charge in [0.2, 0.25) is 5.91 Å². The standard InChI is InChI=1S/C19H17N5O/c25-18(23-24-13-20-12-21-24)11-10-16-15-8-4-5-9-17(15)22-19(16)14-6-2-1-3-7-14/h1-9,12-13,22H,10-11H2,(H,23,25). The molecule has 25 heavy (non-hydrogen) atoms. The molecule has 1 amide bonds.